The third kappa shape index (κ3) is 3.90. The Morgan fingerprint density at radius 1 is 1.42 bits per heavy atom. The normalized spacial score (nSPS) is 16.6. The van der Waals surface area contributed by atoms with Gasteiger partial charge in [0, 0.05) is 23.7 Å². The number of carbonyl (C=O) groups excluding carboxylic acids is 1. The second-order valence-corrected chi connectivity index (χ2v) is 6.41. The molecule has 0 aromatic heterocycles. The maximum atomic E-state index is 12.1. The molecule has 104 valence electrons. The van der Waals surface area contributed by atoms with E-state index in [-0.39, 0.29) is 5.91 Å². The van der Waals surface area contributed by atoms with Crippen LogP contribution in [0.1, 0.15) is 25.3 Å². The fraction of sp³-hybridized carbons (Fsp3) is 0.533. The first kappa shape index (κ1) is 14.3. The Hall–Kier alpha value is -1.16. The van der Waals surface area contributed by atoms with Gasteiger partial charge in [0.05, 0.1) is 5.75 Å². The van der Waals surface area contributed by atoms with Crippen LogP contribution in [-0.2, 0) is 4.79 Å². The van der Waals surface area contributed by atoms with Crippen LogP contribution in [0, 0.1) is 12.8 Å². The zero-order valence-corrected chi connectivity index (χ0v) is 12.5. The molecule has 0 radical (unpaired) electrons. The summed E-state index contributed by atoms with van der Waals surface area (Å²) in [6, 6.07) is 5.95. The molecule has 4 heteroatoms. The van der Waals surface area contributed by atoms with Crippen LogP contribution >= 0.6 is 11.8 Å². The van der Waals surface area contributed by atoms with Gasteiger partial charge in [-0.05, 0) is 43.4 Å². The molecular formula is C15H22N2OS. The van der Waals surface area contributed by atoms with Gasteiger partial charge >= 0.3 is 0 Å². The van der Waals surface area contributed by atoms with Crippen LogP contribution in [-0.4, -0.2) is 29.6 Å². The standard InChI is InChI=1S/C15H22N2OS/c1-11-5-7-17(8-6-11)15(18)10-19-14-9-12(2)3-4-13(14)16/h3-4,9,11H,5-8,10,16H2,1-2H3. The number of likely N-dealkylation sites (tertiary alicyclic amines) is 1. The number of nitrogens with zero attached hydrogens (tertiary/aromatic N) is 1. The van der Waals surface area contributed by atoms with Crippen molar-refractivity contribution < 1.29 is 4.79 Å². The van der Waals surface area contributed by atoms with E-state index in [4.69, 9.17) is 5.73 Å². The first-order chi connectivity index (χ1) is 9.06. The fourth-order valence-electron chi connectivity index (χ4n) is 2.26. The number of aryl methyl sites for hydroxylation is 1. The molecule has 3 nitrogen and oxygen atoms in total. The summed E-state index contributed by atoms with van der Waals surface area (Å²) < 4.78 is 0. The van der Waals surface area contributed by atoms with Crippen molar-refractivity contribution in [2.24, 2.45) is 5.92 Å². The highest BCUT2D eigenvalue weighted by molar-refractivity contribution is 8.00. The predicted molar refractivity (Wildman–Crippen MR) is 81.3 cm³/mol. The first-order valence-corrected chi connectivity index (χ1v) is 7.81. The van der Waals surface area contributed by atoms with Crippen molar-refractivity contribution in [1.82, 2.24) is 4.90 Å². The molecule has 1 aromatic carbocycles. The molecule has 0 unspecified atom stereocenters. The van der Waals surface area contributed by atoms with E-state index in [9.17, 15) is 4.79 Å². The SMILES string of the molecule is Cc1ccc(N)c(SCC(=O)N2CCC(C)CC2)c1. The van der Waals surface area contributed by atoms with Gasteiger partial charge in [0.2, 0.25) is 5.91 Å². The number of anilines is 1. The van der Waals surface area contributed by atoms with E-state index >= 15 is 0 Å². The minimum absolute atomic E-state index is 0.234. The van der Waals surface area contributed by atoms with Crippen LogP contribution in [0.5, 0.6) is 0 Å². The molecule has 0 aliphatic carbocycles. The fourth-order valence-corrected chi connectivity index (χ4v) is 3.22. The molecule has 1 amide bonds. The highest BCUT2D eigenvalue weighted by Gasteiger charge is 2.20. The molecule has 0 atom stereocenters. The largest absolute Gasteiger partial charge is 0.398 e. The van der Waals surface area contributed by atoms with E-state index in [0.29, 0.717) is 5.75 Å². The molecule has 1 aliphatic rings. The van der Waals surface area contributed by atoms with Crippen molar-refractivity contribution in [2.75, 3.05) is 24.6 Å². The van der Waals surface area contributed by atoms with E-state index in [1.54, 1.807) is 11.8 Å². The molecule has 0 bridgehead atoms. The molecule has 1 aromatic rings. The van der Waals surface area contributed by atoms with Crippen LogP contribution in [0.15, 0.2) is 23.1 Å². The van der Waals surface area contributed by atoms with Crippen LogP contribution in [0.3, 0.4) is 0 Å². The van der Waals surface area contributed by atoms with Gasteiger partial charge in [-0.1, -0.05) is 13.0 Å². The third-order valence-electron chi connectivity index (χ3n) is 3.66. The lowest BCUT2D eigenvalue weighted by Gasteiger charge is -2.30. The Morgan fingerprint density at radius 2 is 2.11 bits per heavy atom. The summed E-state index contributed by atoms with van der Waals surface area (Å²) in [5.41, 5.74) is 7.86. The number of carbonyl (C=O) groups is 1. The third-order valence-corrected chi connectivity index (χ3v) is 4.71. The van der Waals surface area contributed by atoms with Gasteiger partial charge in [0.15, 0.2) is 0 Å². The van der Waals surface area contributed by atoms with E-state index in [2.05, 4.69) is 6.92 Å². The van der Waals surface area contributed by atoms with Crippen molar-refractivity contribution in [3.05, 3.63) is 23.8 Å². The number of nitrogen functional groups attached to an aromatic ring is 1. The molecule has 0 saturated carbocycles. The van der Waals surface area contributed by atoms with Crippen LogP contribution in [0.4, 0.5) is 5.69 Å². The Balaban J connectivity index is 1.88. The number of rotatable bonds is 3. The van der Waals surface area contributed by atoms with Crippen LogP contribution < -0.4 is 5.73 Å². The highest BCUT2D eigenvalue weighted by atomic mass is 32.2. The highest BCUT2D eigenvalue weighted by Crippen LogP contribution is 2.26. The number of thioether (sulfide) groups is 1. The molecule has 1 heterocycles. The van der Waals surface area contributed by atoms with E-state index in [1.807, 2.05) is 30.0 Å². The summed E-state index contributed by atoms with van der Waals surface area (Å²) in [4.78, 5) is 15.1. The van der Waals surface area contributed by atoms with Gasteiger partial charge in [-0.3, -0.25) is 4.79 Å². The van der Waals surface area contributed by atoms with Gasteiger partial charge in [-0.2, -0.15) is 0 Å². The van der Waals surface area contributed by atoms with E-state index in [1.165, 1.54) is 5.56 Å². The zero-order chi connectivity index (χ0) is 13.8. The molecule has 1 saturated heterocycles. The Bertz CT molecular complexity index is 453. The Morgan fingerprint density at radius 3 is 2.79 bits per heavy atom. The van der Waals surface area contributed by atoms with Crippen molar-refractivity contribution in [3.8, 4) is 0 Å². The van der Waals surface area contributed by atoms with Crippen molar-refractivity contribution >= 4 is 23.4 Å². The number of piperidine rings is 1. The summed E-state index contributed by atoms with van der Waals surface area (Å²) in [5, 5.41) is 0. The minimum atomic E-state index is 0.234. The number of hydrogen-bond acceptors (Lipinski definition) is 3. The monoisotopic (exact) mass is 278 g/mol. The van der Waals surface area contributed by atoms with Gasteiger partial charge in [-0.25, -0.2) is 0 Å². The topological polar surface area (TPSA) is 46.3 Å². The minimum Gasteiger partial charge on any atom is -0.398 e. The summed E-state index contributed by atoms with van der Waals surface area (Å²) >= 11 is 1.55. The quantitative estimate of drug-likeness (QED) is 0.683. The Labute approximate surface area is 119 Å². The molecule has 19 heavy (non-hydrogen) atoms. The van der Waals surface area contributed by atoms with Crippen molar-refractivity contribution in [2.45, 2.75) is 31.6 Å². The number of hydrogen-bond donors (Lipinski definition) is 1. The smallest absolute Gasteiger partial charge is 0.232 e. The summed E-state index contributed by atoms with van der Waals surface area (Å²) in [5.74, 6) is 1.48. The van der Waals surface area contributed by atoms with Gasteiger partial charge in [0.25, 0.3) is 0 Å². The molecular weight excluding hydrogens is 256 g/mol. The Kier molecular flexibility index (Phi) is 4.75. The number of amides is 1. The van der Waals surface area contributed by atoms with Crippen molar-refractivity contribution in [1.29, 1.82) is 0 Å². The molecule has 2 N–H and O–H groups in total. The molecule has 2 rings (SSSR count). The maximum absolute atomic E-state index is 12.1. The summed E-state index contributed by atoms with van der Waals surface area (Å²) in [6.07, 6.45) is 2.26. The molecule has 1 aliphatic heterocycles. The van der Waals surface area contributed by atoms with E-state index < -0.39 is 0 Å². The van der Waals surface area contributed by atoms with Crippen LogP contribution in [0.2, 0.25) is 0 Å². The predicted octanol–water partition coefficient (Wildman–Crippen LogP) is 2.93. The maximum Gasteiger partial charge on any atom is 0.232 e. The van der Waals surface area contributed by atoms with Crippen LogP contribution in [0.25, 0.3) is 0 Å². The summed E-state index contributed by atoms with van der Waals surface area (Å²) in [7, 11) is 0. The van der Waals surface area contributed by atoms with Gasteiger partial charge < -0.3 is 10.6 Å². The lowest BCUT2D eigenvalue weighted by atomic mass is 9.99. The zero-order valence-electron chi connectivity index (χ0n) is 11.7. The number of nitrogens with two attached hydrogens (primary N) is 1. The van der Waals surface area contributed by atoms with E-state index in [0.717, 1.165) is 42.4 Å². The summed E-state index contributed by atoms with van der Waals surface area (Å²) in [6.45, 7) is 6.11. The number of benzene rings is 1. The first-order valence-electron chi connectivity index (χ1n) is 6.83. The average molecular weight is 278 g/mol. The lowest BCUT2D eigenvalue weighted by molar-refractivity contribution is -0.129. The molecule has 0 spiro atoms. The lowest BCUT2D eigenvalue weighted by Crippen LogP contribution is -2.38. The van der Waals surface area contributed by atoms with Crippen molar-refractivity contribution in [3.63, 3.8) is 0 Å². The molecule has 1 fully saturated rings. The second kappa shape index (κ2) is 6.33. The second-order valence-electron chi connectivity index (χ2n) is 5.39. The average Bonchev–Trinajstić information content (AvgIpc) is 2.40. The van der Waals surface area contributed by atoms with Gasteiger partial charge in [0.1, 0.15) is 0 Å². The van der Waals surface area contributed by atoms with Gasteiger partial charge in [-0.15, -0.1) is 11.8 Å².